The lowest BCUT2D eigenvalue weighted by atomic mass is 10.2. The summed E-state index contributed by atoms with van der Waals surface area (Å²) in [5.41, 5.74) is -0.170. The summed E-state index contributed by atoms with van der Waals surface area (Å²) in [6.07, 6.45) is 0. The predicted molar refractivity (Wildman–Crippen MR) is 132 cm³/mol. The van der Waals surface area contributed by atoms with E-state index >= 15 is 0 Å². The second kappa shape index (κ2) is 10.9. The maximum absolute atomic E-state index is 14.1. The molecule has 0 aliphatic carbocycles. The van der Waals surface area contributed by atoms with Gasteiger partial charge in [-0.2, -0.15) is 0 Å². The molecule has 0 fully saturated rings. The zero-order valence-electron chi connectivity index (χ0n) is 18.7. The summed E-state index contributed by atoms with van der Waals surface area (Å²) in [6.45, 7) is 0.532. The Bertz CT molecular complexity index is 1450. The second-order valence-electron chi connectivity index (χ2n) is 7.44. The number of H-pyrrole nitrogens is 1. The van der Waals surface area contributed by atoms with Gasteiger partial charge in [-0.25, -0.2) is 14.2 Å². The molecule has 9 nitrogen and oxygen atoms in total. The van der Waals surface area contributed by atoms with Gasteiger partial charge in [-0.05, 0) is 17.7 Å². The first-order chi connectivity index (χ1) is 17.0. The summed E-state index contributed by atoms with van der Waals surface area (Å²) < 4.78 is 20.4. The summed E-state index contributed by atoms with van der Waals surface area (Å²) in [4.78, 5) is 44.8. The third kappa shape index (κ3) is 5.53. The first-order valence-electron chi connectivity index (χ1n) is 10.6. The second-order valence-corrected chi connectivity index (χ2v) is 8.30. The van der Waals surface area contributed by atoms with Crippen LogP contribution in [0.1, 0.15) is 16.1 Å². The van der Waals surface area contributed by atoms with Crippen LogP contribution in [0.15, 0.2) is 69.6 Å². The lowest BCUT2D eigenvalue weighted by Gasteiger charge is -2.17. The third-order valence-corrected chi connectivity index (χ3v) is 5.98. The number of aromatic amines is 1. The lowest BCUT2D eigenvalue weighted by Crippen LogP contribution is -2.36. The number of rotatable bonds is 9. The molecule has 0 aliphatic rings. The van der Waals surface area contributed by atoms with Crippen LogP contribution < -0.4 is 21.9 Å². The van der Waals surface area contributed by atoms with E-state index < -0.39 is 23.0 Å². The van der Waals surface area contributed by atoms with E-state index in [2.05, 4.69) is 20.6 Å². The standard InChI is InChI=1S/C24H22FN5O4S/c1-34-12-11-30-20(19(22(32)29-24(30)33)26-13-15-7-3-2-4-8-15)28-21(31)18-14-35-23(27-18)16-9-5-6-10-17(16)25/h2-10,14,26H,11-13H2,1H3,(H,28,31)(H,29,32,33). The summed E-state index contributed by atoms with van der Waals surface area (Å²) in [5.74, 6) is -1.12. The van der Waals surface area contributed by atoms with Gasteiger partial charge < -0.3 is 15.4 Å². The smallest absolute Gasteiger partial charge is 0.330 e. The number of halogens is 1. The molecule has 2 aromatic heterocycles. The molecule has 0 atom stereocenters. The van der Waals surface area contributed by atoms with E-state index in [-0.39, 0.29) is 42.5 Å². The molecule has 2 heterocycles. The molecule has 0 aliphatic heterocycles. The monoisotopic (exact) mass is 495 g/mol. The van der Waals surface area contributed by atoms with Crippen LogP contribution in [0.2, 0.25) is 0 Å². The molecule has 35 heavy (non-hydrogen) atoms. The molecule has 0 saturated carbocycles. The summed E-state index contributed by atoms with van der Waals surface area (Å²) >= 11 is 1.11. The number of carbonyl (C=O) groups is 1. The SMILES string of the molecule is COCCn1c(NC(=O)c2csc(-c3ccccc3F)n2)c(NCc2ccccc2)c(=O)[nH]c1=O. The fourth-order valence-corrected chi connectivity index (χ4v) is 4.18. The first-order valence-corrected chi connectivity index (χ1v) is 11.5. The minimum atomic E-state index is -0.696. The van der Waals surface area contributed by atoms with E-state index in [4.69, 9.17) is 4.74 Å². The molecule has 0 bridgehead atoms. The summed E-state index contributed by atoms with van der Waals surface area (Å²) in [6, 6.07) is 15.5. The molecule has 1 amide bonds. The van der Waals surface area contributed by atoms with Crippen molar-refractivity contribution in [2.45, 2.75) is 13.1 Å². The number of hydrogen-bond acceptors (Lipinski definition) is 7. The number of carbonyl (C=O) groups excluding carboxylic acids is 1. The highest BCUT2D eigenvalue weighted by Crippen LogP contribution is 2.27. The van der Waals surface area contributed by atoms with E-state index in [9.17, 15) is 18.8 Å². The van der Waals surface area contributed by atoms with Crippen molar-refractivity contribution in [1.29, 1.82) is 0 Å². The number of ether oxygens (including phenoxy) is 1. The van der Waals surface area contributed by atoms with Gasteiger partial charge in [-0.15, -0.1) is 11.3 Å². The molecular formula is C24H22FN5O4S. The fourth-order valence-electron chi connectivity index (χ4n) is 3.36. The van der Waals surface area contributed by atoms with Crippen LogP contribution >= 0.6 is 11.3 Å². The maximum Gasteiger partial charge on any atom is 0.330 e. The number of amides is 1. The summed E-state index contributed by atoms with van der Waals surface area (Å²) in [7, 11) is 1.48. The minimum Gasteiger partial charge on any atom is -0.383 e. The van der Waals surface area contributed by atoms with Gasteiger partial charge in [-0.3, -0.25) is 19.1 Å². The Hall–Kier alpha value is -4.09. The zero-order valence-corrected chi connectivity index (χ0v) is 19.5. The Morgan fingerprint density at radius 2 is 1.89 bits per heavy atom. The van der Waals surface area contributed by atoms with Gasteiger partial charge in [0.25, 0.3) is 11.5 Å². The van der Waals surface area contributed by atoms with Crippen molar-refractivity contribution in [3.8, 4) is 10.6 Å². The number of methoxy groups -OCH3 is 1. The third-order valence-electron chi connectivity index (χ3n) is 5.10. The fraction of sp³-hybridized carbons (Fsp3) is 0.167. The van der Waals surface area contributed by atoms with Crippen LogP contribution in [0.5, 0.6) is 0 Å². The van der Waals surface area contributed by atoms with Crippen molar-refractivity contribution >= 4 is 28.7 Å². The van der Waals surface area contributed by atoms with Crippen molar-refractivity contribution in [1.82, 2.24) is 14.5 Å². The zero-order chi connectivity index (χ0) is 24.8. The van der Waals surface area contributed by atoms with Crippen LogP contribution in [0.4, 0.5) is 15.9 Å². The number of anilines is 2. The van der Waals surface area contributed by atoms with Gasteiger partial charge in [0, 0.05) is 24.6 Å². The normalized spacial score (nSPS) is 10.8. The van der Waals surface area contributed by atoms with Gasteiger partial charge in [-0.1, -0.05) is 42.5 Å². The average Bonchev–Trinajstić information content (AvgIpc) is 3.34. The van der Waals surface area contributed by atoms with E-state index in [1.54, 1.807) is 18.2 Å². The average molecular weight is 496 g/mol. The molecule has 3 N–H and O–H groups in total. The van der Waals surface area contributed by atoms with Crippen LogP contribution in [-0.4, -0.2) is 34.2 Å². The first kappa shape index (κ1) is 24.0. The molecular weight excluding hydrogens is 473 g/mol. The molecule has 2 aromatic carbocycles. The molecule has 4 aromatic rings. The largest absolute Gasteiger partial charge is 0.383 e. The number of thiazole rings is 1. The van der Waals surface area contributed by atoms with E-state index in [1.807, 2.05) is 30.3 Å². The predicted octanol–water partition coefficient (Wildman–Crippen LogP) is 3.31. The van der Waals surface area contributed by atoms with E-state index in [0.29, 0.717) is 5.01 Å². The lowest BCUT2D eigenvalue weighted by molar-refractivity contribution is 0.102. The Kier molecular flexibility index (Phi) is 7.48. The molecule has 0 unspecified atom stereocenters. The van der Waals surface area contributed by atoms with Crippen molar-refractivity contribution in [3.63, 3.8) is 0 Å². The van der Waals surface area contributed by atoms with Gasteiger partial charge >= 0.3 is 5.69 Å². The van der Waals surface area contributed by atoms with Gasteiger partial charge in [0.05, 0.1) is 13.2 Å². The van der Waals surface area contributed by atoms with Crippen molar-refractivity contribution < 1.29 is 13.9 Å². The van der Waals surface area contributed by atoms with Crippen LogP contribution in [0.25, 0.3) is 10.6 Å². The Morgan fingerprint density at radius 3 is 2.63 bits per heavy atom. The van der Waals surface area contributed by atoms with Crippen molar-refractivity contribution in [3.05, 3.63) is 97.9 Å². The minimum absolute atomic E-state index is 0.0162. The molecule has 4 rings (SSSR count). The van der Waals surface area contributed by atoms with Crippen LogP contribution in [0, 0.1) is 5.82 Å². The maximum atomic E-state index is 14.1. The summed E-state index contributed by atoms with van der Waals surface area (Å²) in [5, 5.41) is 7.47. The molecule has 0 saturated heterocycles. The van der Waals surface area contributed by atoms with Crippen LogP contribution in [-0.2, 0) is 17.8 Å². The van der Waals surface area contributed by atoms with Gasteiger partial charge in [0.15, 0.2) is 0 Å². The number of benzene rings is 2. The van der Waals surface area contributed by atoms with E-state index in [1.165, 1.54) is 23.1 Å². The van der Waals surface area contributed by atoms with Crippen molar-refractivity contribution in [2.24, 2.45) is 0 Å². The Balaban J connectivity index is 1.67. The highest BCUT2D eigenvalue weighted by atomic mass is 32.1. The highest BCUT2D eigenvalue weighted by Gasteiger charge is 2.20. The number of nitrogens with zero attached hydrogens (tertiary/aromatic N) is 2. The quantitative estimate of drug-likeness (QED) is 0.328. The van der Waals surface area contributed by atoms with Crippen LogP contribution in [0.3, 0.4) is 0 Å². The molecule has 180 valence electrons. The number of nitrogens with one attached hydrogen (secondary N) is 3. The molecule has 0 spiro atoms. The highest BCUT2D eigenvalue weighted by molar-refractivity contribution is 7.13. The topological polar surface area (TPSA) is 118 Å². The Labute approximate surface area is 203 Å². The van der Waals surface area contributed by atoms with Crippen molar-refractivity contribution in [2.75, 3.05) is 24.4 Å². The molecule has 0 radical (unpaired) electrons. The van der Waals surface area contributed by atoms with Gasteiger partial charge in [0.1, 0.15) is 28.0 Å². The van der Waals surface area contributed by atoms with E-state index in [0.717, 1.165) is 16.9 Å². The number of hydrogen-bond donors (Lipinski definition) is 3. The molecule has 11 heteroatoms. The Morgan fingerprint density at radius 1 is 1.14 bits per heavy atom. The van der Waals surface area contributed by atoms with Gasteiger partial charge in [0.2, 0.25) is 0 Å². The number of aromatic nitrogens is 3.